The molecule has 0 amide bonds. The fourth-order valence-electron chi connectivity index (χ4n) is 18.8. The summed E-state index contributed by atoms with van der Waals surface area (Å²) in [5, 5.41) is 6.57. The number of hydrogen-bond donors (Lipinski definition) is 0. The smallest absolute Gasteiger partial charge is 0.201 e. The van der Waals surface area contributed by atoms with E-state index in [0.717, 1.165) is 121 Å². The monoisotopic (exact) mass is 1620 g/mol. The molecule has 7 heterocycles. The molecule has 14 nitrogen and oxygen atoms in total. The second kappa shape index (κ2) is 29.6. The highest BCUT2D eigenvalue weighted by molar-refractivity contribution is 6.11. The quantitative estimate of drug-likeness (QED) is 0.126. The molecule has 0 bridgehead atoms. The van der Waals surface area contributed by atoms with Gasteiger partial charge in [-0.1, -0.05) is 302 Å². The molecule has 0 unspecified atom stereocenters. The Hall–Kier alpha value is -16.2. The molecule has 0 spiro atoms. The van der Waals surface area contributed by atoms with E-state index in [1.54, 1.807) is 18.5 Å². The van der Waals surface area contributed by atoms with Crippen molar-refractivity contribution < 1.29 is 13.3 Å². The molecule has 14 heteroatoms. The first-order chi connectivity index (χ1) is 61.6. The third-order valence-electron chi connectivity index (χ3n) is 25.3. The van der Waals surface area contributed by atoms with E-state index in [0.29, 0.717) is 58.2 Å². The summed E-state index contributed by atoms with van der Waals surface area (Å²) in [6.45, 7) is 13.7. The van der Waals surface area contributed by atoms with E-state index in [-0.39, 0.29) is 16.2 Å². The first-order valence-electron chi connectivity index (χ1n) is 42.4. The molecule has 0 atom stereocenters. The van der Waals surface area contributed by atoms with Crippen LogP contribution in [0, 0.1) is 0 Å². The number of furan rings is 3. The summed E-state index contributed by atoms with van der Waals surface area (Å²) >= 11 is 0. The molecule has 126 heavy (non-hydrogen) atoms. The van der Waals surface area contributed by atoms with Gasteiger partial charge in [0.1, 0.15) is 33.5 Å². The second-order valence-corrected chi connectivity index (χ2v) is 34.0. The second-order valence-electron chi connectivity index (χ2n) is 34.0. The average Bonchev–Trinajstić information content (AvgIpc) is 1.57. The van der Waals surface area contributed by atoms with E-state index >= 15 is 0 Å². The van der Waals surface area contributed by atoms with Crippen LogP contribution in [0.4, 0.5) is 0 Å². The van der Waals surface area contributed by atoms with Crippen LogP contribution in [-0.4, -0.2) is 54.8 Å². The molecule has 0 aliphatic heterocycles. The molecule has 3 aliphatic rings. The Morgan fingerprint density at radius 2 is 0.421 bits per heavy atom. The number of rotatable bonds is 10. The lowest BCUT2D eigenvalue weighted by Gasteiger charge is -2.21. The predicted octanol–water partition coefficient (Wildman–Crippen LogP) is 27.7. The number of benzene rings is 15. The zero-order valence-corrected chi connectivity index (χ0v) is 69.7. The summed E-state index contributed by atoms with van der Waals surface area (Å²) in [7, 11) is 0. The first kappa shape index (κ1) is 74.8. The molecule has 0 saturated carbocycles. The zero-order valence-electron chi connectivity index (χ0n) is 69.7. The van der Waals surface area contributed by atoms with Gasteiger partial charge < -0.3 is 13.3 Å². The van der Waals surface area contributed by atoms with Crippen LogP contribution in [0.2, 0.25) is 0 Å². The molecule has 15 aromatic carbocycles. The van der Waals surface area contributed by atoms with E-state index < -0.39 is 0 Å². The predicted molar refractivity (Wildman–Crippen MR) is 504 cm³/mol. The molecular formula is C112H77N11O3. The lowest BCUT2D eigenvalue weighted by Crippen LogP contribution is -2.14. The van der Waals surface area contributed by atoms with Gasteiger partial charge in [0.25, 0.3) is 0 Å². The van der Waals surface area contributed by atoms with E-state index in [9.17, 15) is 0 Å². The van der Waals surface area contributed by atoms with Crippen LogP contribution in [0.15, 0.2) is 371 Å². The Morgan fingerprint density at radius 1 is 0.167 bits per heavy atom. The largest absolute Gasteiger partial charge is 0.456 e. The van der Waals surface area contributed by atoms with Crippen molar-refractivity contribution in [3.63, 3.8) is 0 Å². The van der Waals surface area contributed by atoms with Crippen molar-refractivity contribution in [1.29, 1.82) is 0 Å². The van der Waals surface area contributed by atoms with E-state index in [4.69, 9.17) is 58.1 Å². The summed E-state index contributed by atoms with van der Waals surface area (Å²) in [6, 6.07) is 119. The van der Waals surface area contributed by atoms with Gasteiger partial charge in [0, 0.05) is 105 Å². The van der Waals surface area contributed by atoms with Crippen molar-refractivity contribution in [2.75, 3.05) is 0 Å². The Balaban J connectivity index is 0.000000109. The molecule has 0 radical (unpaired) electrons. The van der Waals surface area contributed by atoms with Gasteiger partial charge in [-0.2, -0.15) is 0 Å². The van der Waals surface area contributed by atoms with E-state index in [1.165, 1.54) is 66.8 Å². The summed E-state index contributed by atoms with van der Waals surface area (Å²) in [5.74, 6) is 5.75. The van der Waals surface area contributed by atoms with Crippen molar-refractivity contribution in [2.45, 2.75) is 57.8 Å². The van der Waals surface area contributed by atoms with Gasteiger partial charge in [-0.25, -0.2) is 54.8 Å². The van der Waals surface area contributed by atoms with Crippen LogP contribution in [0.5, 0.6) is 0 Å². The molecule has 0 saturated heterocycles. The van der Waals surface area contributed by atoms with Crippen LogP contribution in [0.3, 0.4) is 0 Å². The maximum atomic E-state index is 6.56. The van der Waals surface area contributed by atoms with Crippen LogP contribution >= 0.6 is 0 Å². The third-order valence-corrected chi connectivity index (χ3v) is 25.3. The van der Waals surface area contributed by atoms with Crippen molar-refractivity contribution in [2.24, 2.45) is 0 Å². The van der Waals surface area contributed by atoms with Gasteiger partial charge in [0.15, 0.2) is 52.4 Å². The Bertz CT molecular complexity index is 7690. The maximum Gasteiger partial charge on any atom is 0.201 e. The average molecular weight is 1620 g/mol. The van der Waals surface area contributed by atoms with Gasteiger partial charge in [0.2, 0.25) is 5.82 Å². The van der Waals surface area contributed by atoms with Gasteiger partial charge in [0.05, 0.1) is 0 Å². The molecular weight excluding hydrogens is 1550 g/mol. The fraction of sp³-hybridized carbons (Fsp3) is 0.0804. The molecule has 7 aromatic heterocycles. The van der Waals surface area contributed by atoms with Crippen molar-refractivity contribution in [1.82, 2.24) is 54.8 Å². The summed E-state index contributed by atoms with van der Waals surface area (Å²) < 4.78 is 19.5. The highest BCUT2D eigenvalue weighted by Crippen LogP contribution is 2.55. The topological polar surface area (TPSA) is 181 Å². The van der Waals surface area contributed by atoms with Gasteiger partial charge >= 0.3 is 0 Å². The molecule has 25 rings (SSSR count). The summed E-state index contributed by atoms with van der Waals surface area (Å²) in [4.78, 5) is 52.6. The van der Waals surface area contributed by atoms with Crippen molar-refractivity contribution in [3.05, 3.63) is 392 Å². The first-order valence-corrected chi connectivity index (χ1v) is 42.4. The number of aromatic nitrogens is 11. The Kier molecular flexibility index (Phi) is 17.6. The lowest BCUT2D eigenvalue weighted by atomic mass is 9.82. The van der Waals surface area contributed by atoms with Crippen molar-refractivity contribution >= 4 is 65.8 Å². The lowest BCUT2D eigenvalue weighted by molar-refractivity contribution is 0.647. The number of nitrogens with zero attached hydrogens (tertiary/aromatic N) is 11. The van der Waals surface area contributed by atoms with Gasteiger partial charge in [-0.3, -0.25) is 0 Å². The minimum atomic E-state index is -0.0861. The van der Waals surface area contributed by atoms with E-state index in [2.05, 4.69) is 252 Å². The molecule has 3 aliphatic carbocycles. The van der Waals surface area contributed by atoms with Crippen molar-refractivity contribution in [3.8, 4) is 147 Å². The Labute approximate surface area is 725 Å². The summed E-state index contributed by atoms with van der Waals surface area (Å²) in [5.41, 5.74) is 30.1. The van der Waals surface area contributed by atoms with E-state index in [1.807, 2.05) is 140 Å². The number of fused-ring (bicyclic) bond motifs is 18. The van der Waals surface area contributed by atoms with Crippen LogP contribution in [0.25, 0.3) is 213 Å². The SMILES string of the molecule is CC1(C)c2ccccc2-c2cc3c(cc21)oc1cc(-c2nc(-c4ccccc4)nc(-c4cccc(-c5ccccc5)c4)n2)ccc13.CC1(C)c2ccccc2-c2cc3c(cc21)oc1cc(-c2nc(-c4ccccc4)nc(-c4ccccc4)n2)ccc13.CC1(C)c2ccccc2-c2cc3c(cc21)oc1cc(-c2nc(-c4ccccc4)nc(-c4ncccn4)n2)ccc13. The number of hydrogen-bond acceptors (Lipinski definition) is 14. The molecule has 0 N–H and O–H groups in total. The van der Waals surface area contributed by atoms with Crippen LogP contribution in [0.1, 0.15) is 74.9 Å². The highest BCUT2D eigenvalue weighted by atomic mass is 16.3. The fourth-order valence-corrected chi connectivity index (χ4v) is 18.8. The van der Waals surface area contributed by atoms with Gasteiger partial charge in [-0.05, 0) is 163 Å². The minimum absolute atomic E-state index is 0.0726. The summed E-state index contributed by atoms with van der Waals surface area (Å²) in [6.07, 6.45) is 3.37. The minimum Gasteiger partial charge on any atom is -0.456 e. The van der Waals surface area contributed by atoms with Crippen LogP contribution in [-0.2, 0) is 16.2 Å². The Morgan fingerprint density at radius 3 is 0.746 bits per heavy atom. The van der Waals surface area contributed by atoms with Gasteiger partial charge in [-0.15, -0.1) is 0 Å². The molecule has 22 aromatic rings. The highest BCUT2D eigenvalue weighted by Gasteiger charge is 2.39. The third kappa shape index (κ3) is 12.8. The normalized spacial score (nSPS) is 13.3. The molecule has 0 fully saturated rings. The standard InChI is InChI=1S/C42H29N3O.C36H25N3O.C34H23N5O/c1-42(2)35-19-10-9-18-31(35)33-24-34-32-21-20-30(23-37(32)46-38(34)25-36(33)42)41-44-39(27-14-7-4-8-15-27)43-40(45-41)29-17-11-16-28(22-29)26-12-5-3-6-13-26;1-36(2)29-16-10-9-15-25(29)27-20-28-26-18-17-24(19-31(26)40-32(28)21-30(27)36)35-38-33(22-11-5-3-6-12-22)37-34(39-35)23-13-7-4-8-14-23;1-34(2)26-12-7-6-11-22(26)24-18-25-23-14-13-21(17-28(23)40-29(25)19-27(24)34)31-37-30(20-9-4-3-5-10-20)38-33(39-31)32-35-15-8-16-36-32/h3-25H,1-2H3;3-21H,1-2H3;3-19H,1-2H3. The molecule has 598 valence electrons. The van der Waals surface area contributed by atoms with Crippen LogP contribution < -0.4 is 0 Å². The maximum absolute atomic E-state index is 6.56. The zero-order chi connectivity index (χ0) is 84.5.